The molecular formula is C17H13NO. The minimum Gasteiger partial charge on any atom is -0.507 e. The molecule has 0 saturated heterocycles. The van der Waals surface area contributed by atoms with Crippen molar-refractivity contribution in [2.75, 3.05) is 0 Å². The largest absolute Gasteiger partial charge is 0.507 e. The van der Waals surface area contributed by atoms with E-state index in [1.165, 1.54) is 0 Å². The molecule has 0 aliphatic carbocycles. The third kappa shape index (κ3) is 2.33. The van der Waals surface area contributed by atoms with Crippen molar-refractivity contribution >= 4 is 23.1 Å². The molecule has 0 fully saturated rings. The molecule has 2 aromatic carbocycles. The summed E-state index contributed by atoms with van der Waals surface area (Å²) in [5.74, 6) is 0.289. The first-order valence-electron chi connectivity index (χ1n) is 6.14. The van der Waals surface area contributed by atoms with Crippen molar-refractivity contribution in [3.05, 3.63) is 71.9 Å². The van der Waals surface area contributed by atoms with Gasteiger partial charge in [-0.05, 0) is 23.8 Å². The van der Waals surface area contributed by atoms with Crippen molar-refractivity contribution in [2.45, 2.75) is 0 Å². The highest BCUT2D eigenvalue weighted by atomic mass is 16.3. The van der Waals surface area contributed by atoms with Gasteiger partial charge in [0.1, 0.15) is 5.75 Å². The van der Waals surface area contributed by atoms with Crippen LogP contribution in [0.1, 0.15) is 11.1 Å². The Hall–Kier alpha value is -2.61. The average Bonchev–Trinajstić information content (AvgIpc) is 2.46. The summed E-state index contributed by atoms with van der Waals surface area (Å²) in [6, 6.07) is 17.3. The maximum absolute atomic E-state index is 9.74. The summed E-state index contributed by atoms with van der Waals surface area (Å²) in [6.07, 6.45) is 5.71. The Balaban J connectivity index is 2.04. The smallest absolute Gasteiger partial charge is 0.122 e. The fraction of sp³-hybridized carbons (Fsp3) is 0. The molecule has 1 heterocycles. The number of benzene rings is 2. The van der Waals surface area contributed by atoms with Gasteiger partial charge >= 0.3 is 0 Å². The summed E-state index contributed by atoms with van der Waals surface area (Å²) in [5, 5.41) is 10.8. The normalized spacial score (nSPS) is 11.2. The van der Waals surface area contributed by atoms with E-state index in [4.69, 9.17) is 0 Å². The Morgan fingerprint density at radius 1 is 0.789 bits per heavy atom. The quantitative estimate of drug-likeness (QED) is 0.739. The van der Waals surface area contributed by atoms with E-state index >= 15 is 0 Å². The van der Waals surface area contributed by atoms with Crippen molar-refractivity contribution in [2.24, 2.45) is 0 Å². The van der Waals surface area contributed by atoms with E-state index in [1.807, 2.05) is 60.7 Å². The van der Waals surface area contributed by atoms with Crippen LogP contribution in [0, 0.1) is 0 Å². The summed E-state index contributed by atoms with van der Waals surface area (Å²) in [7, 11) is 0. The summed E-state index contributed by atoms with van der Waals surface area (Å²) >= 11 is 0. The van der Waals surface area contributed by atoms with E-state index in [0.717, 1.165) is 22.0 Å². The van der Waals surface area contributed by atoms with Crippen LogP contribution in [-0.4, -0.2) is 10.1 Å². The highest BCUT2D eigenvalue weighted by Crippen LogP contribution is 2.21. The SMILES string of the molecule is Oc1ccccc1C=Cc1ccnc2ccccc12. The number of rotatable bonds is 2. The van der Waals surface area contributed by atoms with Gasteiger partial charge in [-0.25, -0.2) is 0 Å². The monoisotopic (exact) mass is 247 g/mol. The molecule has 92 valence electrons. The standard InChI is InChI=1S/C17H13NO/c19-17-8-4-1-5-14(17)10-9-13-11-12-18-16-7-3-2-6-15(13)16/h1-12,19H. The molecule has 0 bridgehead atoms. The minimum atomic E-state index is 0.289. The van der Waals surface area contributed by atoms with Gasteiger partial charge in [-0.2, -0.15) is 0 Å². The lowest BCUT2D eigenvalue weighted by Crippen LogP contribution is -1.81. The molecule has 1 aromatic heterocycles. The zero-order valence-corrected chi connectivity index (χ0v) is 10.3. The fourth-order valence-corrected chi connectivity index (χ4v) is 2.07. The fourth-order valence-electron chi connectivity index (χ4n) is 2.07. The van der Waals surface area contributed by atoms with Crippen molar-refractivity contribution in [3.8, 4) is 5.75 Å². The van der Waals surface area contributed by atoms with E-state index in [2.05, 4.69) is 4.98 Å². The maximum Gasteiger partial charge on any atom is 0.122 e. The molecule has 0 amide bonds. The third-order valence-corrected chi connectivity index (χ3v) is 3.06. The van der Waals surface area contributed by atoms with Crippen LogP contribution < -0.4 is 0 Å². The Morgan fingerprint density at radius 2 is 1.53 bits per heavy atom. The Morgan fingerprint density at radius 3 is 2.42 bits per heavy atom. The molecule has 0 aliphatic rings. The van der Waals surface area contributed by atoms with Crippen LogP contribution in [-0.2, 0) is 0 Å². The molecule has 19 heavy (non-hydrogen) atoms. The van der Waals surface area contributed by atoms with Crippen LogP contribution in [0.25, 0.3) is 23.1 Å². The first-order chi connectivity index (χ1) is 9.34. The Labute approximate surface area is 111 Å². The summed E-state index contributed by atoms with van der Waals surface area (Å²) in [4.78, 5) is 4.33. The second-order valence-corrected chi connectivity index (χ2v) is 4.31. The van der Waals surface area contributed by atoms with E-state index in [-0.39, 0.29) is 5.75 Å². The molecule has 1 N–H and O–H groups in total. The van der Waals surface area contributed by atoms with Crippen molar-refractivity contribution < 1.29 is 5.11 Å². The molecular weight excluding hydrogens is 234 g/mol. The predicted octanol–water partition coefficient (Wildman–Crippen LogP) is 4.11. The zero-order valence-electron chi connectivity index (χ0n) is 10.3. The molecule has 0 saturated carbocycles. The summed E-state index contributed by atoms with van der Waals surface area (Å²) in [6.45, 7) is 0. The average molecular weight is 247 g/mol. The van der Waals surface area contributed by atoms with Gasteiger partial charge in [0.2, 0.25) is 0 Å². The van der Waals surface area contributed by atoms with Crippen LogP contribution >= 0.6 is 0 Å². The predicted molar refractivity (Wildman–Crippen MR) is 78.8 cm³/mol. The molecule has 2 nitrogen and oxygen atoms in total. The van der Waals surface area contributed by atoms with E-state index < -0.39 is 0 Å². The van der Waals surface area contributed by atoms with Crippen LogP contribution in [0.3, 0.4) is 0 Å². The molecule has 0 atom stereocenters. The van der Waals surface area contributed by atoms with Crippen molar-refractivity contribution in [3.63, 3.8) is 0 Å². The lowest BCUT2D eigenvalue weighted by atomic mass is 10.1. The zero-order chi connectivity index (χ0) is 13.1. The van der Waals surface area contributed by atoms with Crippen LogP contribution in [0.4, 0.5) is 0 Å². The second-order valence-electron chi connectivity index (χ2n) is 4.31. The van der Waals surface area contributed by atoms with Gasteiger partial charge in [-0.3, -0.25) is 4.98 Å². The maximum atomic E-state index is 9.74. The number of aromatic hydroxyl groups is 1. The number of hydrogen-bond acceptors (Lipinski definition) is 2. The topological polar surface area (TPSA) is 33.1 Å². The Bertz CT molecular complexity index is 742. The lowest BCUT2D eigenvalue weighted by Gasteiger charge is -2.01. The number of para-hydroxylation sites is 2. The number of pyridine rings is 1. The number of nitrogens with zero attached hydrogens (tertiary/aromatic N) is 1. The summed E-state index contributed by atoms with van der Waals surface area (Å²) < 4.78 is 0. The van der Waals surface area contributed by atoms with Gasteiger partial charge < -0.3 is 5.11 Å². The molecule has 0 radical (unpaired) electrons. The van der Waals surface area contributed by atoms with Gasteiger partial charge in [0.25, 0.3) is 0 Å². The van der Waals surface area contributed by atoms with Crippen molar-refractivity contribution in [1.82, 2.24) is 4.98 Å². The number of phenols is 1. The van der Waals surface area contributed by atoms with Crippen molar-refractivity contribution in [1.29, 1.82) is 0 Å². The van der Waals surface area contributed by atoms with E-state index in [0.29, 0.717) is 0 Å². The number of fused-ring (bicyclic) bond motifs is 1. The second kappa shape index (κ2) is 4.94. The molecule has 0 spiro atoms. The Kier molecular flexibility index (Phi) is 2.99. The van der Waals surface area contributed by atoms with Gasteiger partial charge in [-0.15, -0.1) is 0 Å². The molecule has 0 unspecified atom stereocenters. The molecule has 3 rings (SSSR count). The lowest BCUT2D eigenvalue weighted by molar-refractivity contribution is 0.474. The number of aromatic nitrogens is 1. The van der Waals surface area contributed by atoms with Crippen LogP contribution in [0.2, 0.25) is 0 Å². The third-order valence-electron chi connectivity index (χ3n) is 3.06. The van der Waals surface area contributed by atoms with Crippen LogP contribution in [0.5, 0.6) is 5.75 Å². The molecule has 0 aliphatic heterocycles. The van der Waals surface area contributed by atoms with E-state index in [1.54, 1.807) is 12.3 Å². The van der Waals surface area contributed by atoms with Crippen LogP contribution in [0.15, 0.2) is 60.8 Å². The van der Waals surface area contributed by atoms with Gasteiger partial charge in [0, 0.05) is 17.1 Å². The first kappa shape index (κ1) is 11.5. The summed E-state index contributed by atoms with van der Waals surface area (Å²) in [5.41, 5.74) is 2.87. The van der Waals surface area contributed by atoms with Gasteiger partial charge in [-0.1, -0.05) is 48.6 Å². The molecule has 2 heteroatoms. The number of hydrogen-bond donors (Lipinski definition) is 1. The number of phenolic OH excluding ortho intramolecular Hbond substituents is 1. The molecule has 3 aromatic rings. The minimum absolute atomic E-state index is 0.289. The van der Waals surface area contributed by atoms with Gasteiger partial charge in [0.15, 0.2) is 0 Å². The highest BCUT2D eigenvalue weighted by Gasteiger charge is 1.98. The highest BCUT2D eigenvalue weighted by molar-refractivity contribution is 5.90. The van der Waals surface area contributed by atoms with E-state index in [9.17, 15) is 5.11 Å². The first-order valence-corrected chi connectivity index (χ1v) is 6.14. The van der Waals surface area contributed by atoms with Gasteiger partial charge in [0.05, 0.1) is 5.52 Å².